The van der Waals surface area contributed by atoms with Crippen molar-refractivity contribution < 1.29 is 9.53 Å². The second kappa shape index (κ2) is 5.75. The highest BCUT2D eigenvalue weighted by Crippen LogP contribution is 2.20. The molecule has 0 fully saturated rings. The van der Waals surface area contributed by atoms with Gasteiger partial charge in [0.25, 0.3) is 0 Å². The van der Waals surface area contributed by atoms with Crippen LogP contribution in [0.15, 0.2) is 22.7 Å². The third-order valence-corrected chi connectivity index (χ3v) is 2.77. The minimum atomic E-state index is -0.241. The lowest BCUT2D eigenvalue weighted by Gasteiger charge is -2.07. The summed E-state index contributed by atoms with van der Waals surface area (Å²) in [7, 11) is 0. The number of rotatable bonds is 4. The van der Waals surface area contributed by atoms with Crippen LogP contribution in [0.25, 0.3) is 0 Å². The van der Waals surface area contributed by atoms with Crippen molar-refractivity contribution in [3.8, 4) is 0 Å². The topological polar surface area (TPSA) is 38.3 Å². The van der Waals surface area contributed by atoms with Gasteiger partial charge in [0, 0.05) is 10.2 Å². The first-order valence-electron chi connectivity index (χ1n) is 4.79. The first-order valence-corrected chi connectivity index (χ1v) is 5.58. The average molecular weight is 272 g/mol. The zero-order valence-corrected chi connectivity index (χ0v) is 10.4. The highest BCUT2D eigenvalue weighted by Gasteiger charge is 2.02. The molecular weight excluding hydrogens is 258 g/mol. The van der Waals surface area contributed by atoms with Gasteiger partial charge in [-0.05, 0) is 31.5 Å². The van der Waals surface area contributed by atoms with E-state index < -0.39 is 0 Å². The molecule has 15 heavy (non-hydrogen) atoms. The number of ether oxygens (including phenoxy) is 1. The Morgan fingerprint density at radius 2 is 2.27 bits per heavy atom. The number of anilines is 1. The molecule has 1 rings (SSSR count). The fourth-order valence-corrected chi connectivity index (χ4v) is 1.47. The summed E-state index contributed by atoms with van der Waals surface area (Å²) < 4.78 is 5.83. The number of benzene rings is 1. The van der Waals surface area contributed by atoms with Crippen molar-refractivity contribution in [1.82, 2.24) is 0 Å². The van der Waals surface area contributed by atoms with E-state index >= 15 is 0 Å². The number of carbonyl (C=O) groups excluding carboxylic acids is 1. The number of aryl methyl sites for hydroxylation is 1. The number of hydrogen-bond acceptors (Lipinski definition) is 3. The van der Waals surface area contributed by atoms with Crippen LogP contribution in [-0.4, -0.2) is 19.1 Å². The molecule has 4 heteroatoms. The smallest absolute Gasteiger partial charge is 0.325 e. The van der Waals surface area contributed by atoms with E-state index in [1.165, 1.54) is 0 Å². The van der Waals surface area contributed by atoms with E-state index in [0.717, 1.165) is 15.7 Å². The number of hydrogen-bond donors (Lipinski definition) is 1. The van der Waals surface area contributed by atoms with E-state index in [2.05, 4.69) is 21.2 Å². The maximum atomic E-state index is 11.1. The molecule has 0 atom stereocenters. The molecule has 0 amide bonds. The van der Waals surface area contributed by atoms with E-state index in [1.807, 2.05) is 25.1 Å². The van der Waals surface area contributed by atoms with Gasteiger partial charge in [0.15, 0.2) is 0 Å². The Bertz CT molecular complexity index is 352. The zero-order valence-electron chi connectivity index (χ0n) is 8.84. The highest BCUT2D eigenvalue weighted by molar-refractivity contribution is 9.10. The van der Waals surface area contributed by atoms with Crippen molar-refractivity contribution in [3.05, 3.63) is 28.2 Å². The first kappa shape index (κ1) is 12.0. The Balaban J connectivity index is 2.51. The Kier molecular flexibility index (Phi) is 4.62. The van der Waals surface area contributed by atoms with Gasteiger partial charge in [0.05, 0.1) is 6.61 Å². The molecule has 0 aliphatic heterocycles. The molecule has 0 bridgehead atoms. The highest BCUT2D eigenvalue weighted by atomic mass is 79.9. The molecule has 0 heterocycles. The van der Waals surface area contributed by atoms with E-state index in [1.54, 1.807) is 6.92 Å². The molecule has 0 aliphatic carbocycles. The Labute approximate surface area is 97.9 Å². The number of esters is 1. The number of halogens is 1. The number of nitrogens with one attached hydrogen (secondary N) is 1. The first-order chi connectivity index (χ1) is 7.13. The van der Waals surface area contributed by atoms with Crippen molar-refractivity contribution in [3.63, 3.8) is 0 Å². The lowest BCUT2D eigenvalue weighted by Crippen LogP contribution is -2.16. The van der Waals surface area contributed by atoms with Crippen molar-refractivity contribution in [1.29, 1.82) is 0 Å². The molecule has 0 saturated carbocycles. The summed E-state index contributed by atoms with van der Waals surface area (Å²) in [5.41, 5.74) is 2.07. The third-order valence-electron chi connectivity index (χ3n) is 1.91. The molecule has 0 saturated heterocycles. The minimum absolute atomic E-state index is 0.198. The summed E-state index contributed by atoms with van der Waals surface area (Å²) in [6.07, 6.45) is 0. The summed E-state index contributed by atoms with van der Waals surface area (Å²) >= 11 is 3.43. The van der Waals surface area contributed by atoms with Gasteiger partial charge in [-0.3, -0.25) is 4.79 Å². The van der Waals surface area contributed by atoms with Crippen LogP contribution in [0.3, 0.4) is 0 Å². The van der Waals surface area contributed by atoms with Gasteiger partial charge >= 0.3 is 5.97 Å². The van der Waals surface area contributed by atoms with Crippen LogP contribution >= 0.6 is 15.9 Å². The Hall–Kier alpha value is -1.03. The van der Waals surface area contributed by atoms with E-state index in [9.17, 15) is 4.79 Å². The van der Waals surface area contributed by atoms with Crippen LogP contribution in [0.4, 0.5) is 5.69 Å². The van der Waals surface area contributed by atoms with Gasteiger partial charge < -0.3 is 10.1 Å². The van der Waals surface area contributed by atoms with E-state index in [4.69, 9.17) is 4.74 Å². The Morgan fingerprint density at radius 1 is 1.53 bits per heavy atom. The fourth-order valence-electron chi connectivity index (χ4n) is 1.09. The van der Waals surface area contributed by atoms with Crippen molar-refractivity contribution in [2.45, 2.75) is 13.8 Å². The second-order valence-electron chi connectivity index (χ2n) is 3.12. The lowest BCUT2D eigenvalue weighted by atomic mass is 10.2. The number of carbonyl (C=O) groups is 1. The molecule has 0 aliphatic rings. The molecule has 1 aromatic rings. The predicted molar refractivity (Wildman–Crippen MR) is 64.0 cm³/mol. The lowest BCUT2D eigenvalue weighted by molar-refractivity contribution is -0.140. The summed E-state index contributed by atoms with van der Waals surface area (Å²) in [6.45, 7) is 4.42. The van der Waals surface area contributed by atoms with Crippen molar-refractivity contribution in [2.24, 2.45) is 0 Å². The van der Waals surface area contributed by atoms with Gasteiger partial charge in [-0.1, -0.05) is 22.0 Å². The molecule has 3 nitrogen and oxygen atoms in total. The fraction of sp³-hybridized carbons (Fsp3) is 0.364. The second-order valence-corrected chi connectivity index (χ2v) is 3.98. The zero-order chi connectivity index (χ0) is 11.3. The summed E-state index contributed by atoms with van der Waals surface area (Å²) in [6, 6.07) is 5.85. The largest absolute Gasteiger partial charge is 0.465 e. The minimum Gasteiger partial charge on any atom is -0.465 e. The molecule has 82 valence electrons. The molecule has 1 N–H and O–H groups in total. The molecule has 0 aromatic heterocycles. The predicted octanol–water partition coefficient (Wildman–Crippen LogP) is 2.73. The average Bonchev–Trinajstić information content (AvgIpc) is 2.20. The van der Waals surface area contributed by atoms with Crippen molar-refractivity contribution >= 4 is 27.6 Å². The molecule has 0 unspecified atom stereocenters. The van der Waals surface area contributed by atoms with Gasteiger partial charge in [-0.15, -0.1) is 0 Å². The van der Waals surface area contributed by atoms with Crippen molar-refractivity contribution in [2.75, 3.05) is 18.5 Å². The monoisotopic (exact) mass is 271 g/mol. The summed E-state index contributed by atoms with van der Waals surface area (Å²) in [5, 5.41) is 2.99. The van der Waals surface area contributed by atoms with Crippen LogP contribution in [0, 0.1) is 6.92 Å². The van der Waals surface area contributed by atoms with Crippen LogP contribution in [-0.2, 0) is 9.53 Å². The van der Waals surface area contributed by atoms with Crippen LogP contribution < -0.4 is 5.32 Å². The van der Waals surface area contributed by atoms with Gasteiger partial charge in [0.2, 0.25) is 0 Å². The molecule has 0 spiro atoms. The van der Waals surface area contributed by atoms with Crippen LogP contribution in [0.1, 0.15) is 12.5 Å². The van der Waals surface area contributed by atoms with Crippen LogP contribution in [0.5, 0.6) is 0 Å². The van der Waals surface area contributed by atoms with Gasteiger partial charge in [0.1, 0.15) is 6.54 Å². The van der Waals surface area contributed by atoms with Gasteiger partial charge in [-0.2, -0.15) is 0 Å². The van der Waals surface area contributed by atoms with E-state index in [0.29, 0.717) is 6.61 Å². The normalized spacial score (nSPS) is 9.80. The standard InChI is InChI=1S/C11H14BrNO2/c1-3-15-11(14)7-13-9-5-4-8(2)10(12)6-9/h4-6,13H,3,7H2,1-2H3. The Morgan fingerprint density at radius 3 is 2.87 bits per heavy atom. The molecular formula is C11H14BrNO2. The van der Waals surface area contributed by atoms with Gasteiger partial charge in [-0.25, -0.2) is 0 Å². The summed E-state index contributed by atoms with van der Waals surface area (Å²) in [4.78, 5) is 11.1. The maximum absolute atomic E-state index is 11.1. The summed E-state index contributed by atoms with van der Waals surface area (Å²) in [5.74, 6) is -0.241. The maximum Gasteiger partial charge on any atom is 0.325 e. The third kappa shape index (κ3) is 3.91. The molecule has 0 radical (unpaired) electrons. The SMILES string of the molecule is CCOC(=O)CNc1ccc(C)c(Br)c1. The molecule has 1 aromatic carbocycles. The quantitative estimate of drug-likeness (QED) is 0.856. The van der Waals surface area contributed by atoms with Crippen LogP contribution in [0.2, 0.25) is 0 Å². The van der Waals surface area contributed by atoms with E-state index in [-0.39, 0.29) is 12.5 Å².